The van der Waals surface area contributed by atoms with E-state index < -0.39 is 132 Å². The zero-order chi connectivity index (χ0) is 61.5. The second-order valence-electron chi connectivity index (χ2n) is 22.4. The number of oxime groups is 1. The predicted molar refractivity (Wildman–Crippen MR) is 314 cm³/mol. The summed E-state index contributed by atoms with van der Waals surface area (Å²) in [5.41, 5.74) is 13.2. The third-order valence-corrected chi connectivity index (χ3v) is 16.9. The fourth-order valence-corrected chi connectivity index (χ4v) is 12.2. The smallest absolute Gasteiger partial charge is 0.305 e. The third-order valence-electron chi connectivity index (χ3n) is 14.6. The lowest BCUT2D eigenvalue weighted by Gasteiger charge is -2.32. The van der Waals surface area contributed by atoms with E-state index in [-0.39, 0.29) is 62.8 Å². The first-order valence-corrected chi connectivity index (χ1v) is 31.4. The maximum absolute atomic E-state index is 15.0. The molecule has 2 saturated heterocycles. The van der Waals surface area contributed by atoms with E-state index in [1.165, 1.54) is 40.2 Å². The van der Waals surface area contributed by atoms with Gasteiger partial charge in [-0.25, -0.2) is 0 Å². The number of benzene rings is 1. The second kappa shape index (κ2) is 34.3. The van der Waals surface area contributed by atoms with Gasteiger partial charge in [0.05, 0.1) is 13.0 Å². The Morgan fingerprint density at radius 1 is 0.679 bits per heavy atom. The second-order valence-corrected chi connectivity index (χ2v) is 24.5. The Morgan fingerprint density at radius 3 is 1.89 bits per heavy atom. The fourth-order valence-electron chi connectivity index (χ4n) is 10.2. The summed E-state index contributed by atoms with van der Waals surface area (Å²) in [5.74, 6) is -8.61. The van der Waals surface area contributed by atoms with Crippen LogP contribution >= 0.6 is 23.5 Å². The Bertz CT molecular complexity index is 2520. The molecule has 4 aliphatic rings. The molecule has 1 aromatic rings. The SMILES string of the molecule is CC(C)C[C@@H]1NC(=O)[C@@H]2CCCN2C(=O)[C@@H]2CSCc3cc(cc(c3)OCCCCCCO/N=C/C(=O)N[C@@H](CCCCN)C(=O)N2)CSC[C@@H](C(N)=O)NC(=O)[C@H](C)NC(=O)[C@@H]2CCCN2C(=O)C(C(C)C)NC(=O)[C@H](CC(=O)O)NC1=O. The number of unbranched alkanes of at least 4 members (excludes halogenated alkanes) is 1. The molecule has 4 bridgehead atoms. The normalized spacial score (nSPS) is 27.3. The van der Waals surface area contributed by atoms with Crippen LogP contribution in [0.3, 0.4) is 0 Å². The lowest BCUT2D eigenvalue weighted by atomic mass is 10.00. The van der Waals surface area contributed by atoms with Crippen LogP contribution in [-0.2, 0) is 69.1 Å². The molecule has 2 fully saturated rings. The molecule has 12 N–H and O–H groups in total. The highest BCUT2D eigenvalue weighted by molar-refractivity contribution is 7.98. The van der Waals surface area contributed by atoms with E-state index in [0.717, 1.165) is 30.2 Å². The van der Waals surface area contributed by atoms with E-state index in [0.29, 0.717) is 68.9 Å². The minimum absolute atomic E-state index is 0.0183. The van der Waals surface area contributed by atoms with Crippen molar-refractivity contribution < 1.29 is 67.4 Å². The quantitative estimate of drug-likeness (QED) is 0.141. The minimum atomic E-state index is -1.75. The van der Waals surface area contributed by atoms with Crippen LogP contribution < -0.4 is 53.4 Å². The van der Waals surface area contributed by atoms with Crippen LogP contribution in [0, 0.1) is 11.8 Å². The number of aliphatic carboxylic acids is 1. The standard InChI is InChI=1S/C56H86N12O14S2/c1-32(2)22-39-51(75)62-40(26-46(70)71)52(76)66-47(33(3)4)56(80)68-19-13-15-43(68)53(77)60-34(5)49(73)64-41(48(58)72)30-83-28-35-23-36-25-37(24-35)81-20-10-6-7-11-21-82-59-27-45(69)61-38(14-8-9-17-57)50(74)65-42(31-84-29-36)55(79)67-18-12-16-44(67)54(78)63-39/h23-25,27,32-34,38-44,47H,6-22,26,28-31,57H2,1-5H3,(H2,58,72)(H,60,77)(H,61,69)(H,62,75)(H,63,78)(H,64,73)(H,65,74)(H,66,76)(H,70,71)/b59-27+/t34-,38-,39-,40-,41-,42-,43-,44-,47?/m0/s1. The Morgan fingerprint density at radius 2 is 1.27 bits per heavy atom. The minimum Gasteiger partial charge on any atom is -0.494 e. The molecular formula is C56H86N12O14S2. The molecule has 10 amide bonds. The van der Waals surface area contributed by atoms with Gasteiger partial charge in [0.25, 0.3) is 5.91 Å². The lowest BCUT2D eigenvalue weighted by Crippen LogP contribution is -2.61. The molecule has 1 unspecified atom stereocenters. The van der Waals surface area contributed by atoms with E-state index >= 15 is 0 Å². The number of hydrogen-bond donors (Lipinski definition) is 10. The molecule has 0 spiro atoms. The maximum atomic E-state index is 15.0. The number of nitrogens with zero attached hydrogens (tertiary/aromatic N) is 3. The fraction of sp³-hybridized carbons (Fsp3) is 0.679. The van der Waals surface area contributed by atoms with Gasteiger partial charge in [-0.2, -0.15) is 23.5 Å². The zero-order valence-corrected chi connectivity index (χ0v) is 50.4. The molecule has 5 rings (SSSR count). The number of nitrogens with one attached hydrogen (secondary N) is 7. The number of rotatable bonds is 10. The van der Waals surface area contributed by atoms with Crippen molar-refractivity contribution >= 4 is 94.8 Å². The molecule has 1 aromatic carbocycles. The van der Waals surface area contributed by atoms with Gasteiger partial charge in [0.15, 0.2) is 0 Å². The first-order valence-electron chi connectivity index (χ1n) is 29.1. The van der Waals surface area contributed by atoms with Crippen molar-refractivity contribution in [2.75, 3.05) is 44.4 Å². The van der Waals surface area contributed by atoms with Gasteiger partial charge in [-0.05, 0) is 126 Å². The van der Waals surface area contributed by atoms with Gasteiger partial charge in [-0.3, -0.25) is 52.7 Å². The predicted octanol–water partition coefficient (Wildman–Crippen LogP) is 0.308. The lowest BCUT2D eigenvalue weighted by molar-refractivity contribution is -0.144. The van der Waals surface area contributed by atoms with Gasteiger partial charge in [-0.15, -0.1) is 0 Å². The summed E-state index contributed by atoms with van der Waals surface area (Å²) in [5, 5.41) is 32.4. The molecule has 0 radical (unpaired) electrons. The maximum Gasteiger partial charge on any atom is 0.305 e. The van der Waals surface area contributed by atoms with E-state index in [1.807, 2.05) is 18.2 Å². The summed E-state index contributed by atoms with van der Waals surface area (Å²) in [4.78, 5) is 160. The van der Waals surface area contributed by atoms with Gasteiger partial charge in [0, 0.05) is 36.1 Å². The van der Waals surface area contributed by atoms with E-state index in [1.54, 1.807) is 27.7 Å². The Kier molecular flexibility index (Phi) is 27.8. The van der Waals surface area contributed by atoms with Crippen molar-refractivity contribution in [3.8, 4) is 5.75 Å². The highest BCUT2D eigenvalue weighted by Gasteiger charge is 2.43. The number of amides is 10. The Labute approximate surface area is 499 Å². The molecular weight excluding hydrogens is 1130 g/mol. The van der Waals surface area contributed by atoms with Crippen LogP contribution in [0.5, 0.6) is 5.75 Å². The Hall–Kier alpha value is -6.68. The average molecular weight is 1220 g/mol. The van der Waals surface area contributed by atoms with Crippen LogP contribution in [0.15, 0.2) is 23.4 Å². The number of hydrogen-bond acceptors (Lipinski definition) is 17. The highest BCUT2D eigenvalue weighted by atomic mass is 32.2. The number of carbonyl (C=O) groups excluding carboxylic acids is 10. The molecule has 0 aromatic heterocycles. The molecule has 84 heavy (non-hydrogen) atoms. The molecule has 9 atom stereocenters. The van der Waals surface area contributed by atoms with Gasteiger partial charge < -0.3 is 73.2 Å². The van der Waals surface area contributed by atoms with Gasteiger partial charge >= 0.3 is 5.97 Å². The molecule has 466 valence electrons. The monoisotopic (exact) mass is 1210 g/mol. The number of nitrogens with two attached hydrogens (primary N) is 2. The first-order chi connectivity index (χ1) is 40.1. The number of primary amides is 1. The Balaban J connectivity index is 1.55. The van der Waals surface area contributed by atoms with Gasteiger partial charge in [0.1, 0.15) is 72.9 Å². The number of carbonyl (C=O) groups is 11. The average Bonchev–Trinajstić information content (AvgIpc) is 3.62. The number of thioether (sulfide) groups is 2. The van der Waals surface area contributed by atoms with Crippen molar-refractivity contribution in [3.05, 3.63) is 29.3 Å². The first kappa shape index (κ1) is 68.1. The van der Waals surface area contributed by atoms with Crippen molar-refractivity contribution in [2.45, 2.75) is 184 Å². The van der Waals surface area contributed by atoms with E-state index in [4.69, 9.17) is 21.0 Å². The van der Waals surface area contributed by atoms with Crippen LogP contribution in [0.4, 0.5) is 0 Å². The summed E-state index contributed by atoms with van der Waals surface area (Å²) < 4.78 is 6.26. The summed E-state index contributed by atoms with van der Waals surface area (Å²) in [7, 11) is 0. The van der Waals surface area contributed by atoms with Crippen molar-refractivity contribution in [1.29, 1.82) is 0 Å². The molecule has 4 heterocycles. The van der Waals surface area contributed by atoms with E-state index in [2.05, 4.69) is 42.4 Å². The molecule has 28 heteroatoms. The number of ether oxygens (including phenoxy) is 1. The summed E-state index contributed by atoms with van der Waals surface area (Å²) in [6.07, 6.45) is 5.31. The van der Waals surface area contributed by atoms with Crippen LogP contribution in [0.25, 0.3) is 0 Å². The highest BCUT2D eigenvalue weighted by Crippen LogP contribution is 2.27. The molecule has 26 nitrogen and oxygen atoms in total. The number of carboxylic acids is 1. The van der Waals surface area contributed by atoms with Crippen LogP contribution in [0.1, 0.15) is 129 Å². The largest absolute Gasteiger partial charge is 0.494 e. The van der Waals surface area contributed by atoms with E-state index in [9.17, 15) is 57.8 Å². The number of fused-ring (bicyclic) bond motifs is 7. The summed E-state index contributed by atoms with van der Waals surface area (Å²) in [6, 6.07) is -5.69. The molecule has 0 aliphatic carbocycles. The van der Waals surface area contributed by atoms with Gasteiger partial charge in [-0.1, -0.05) is 38.9 Å². The topological polar surface area (TPSA) is 382 Å². The molecule has 0 saturated carbocycles. The van der Waals surface area contributed by atoms with Crippen molar-refractivity contribution in [3.63, 3.8) is 0 Å². The third kappa shape index (κ3) is 21.4. The zero-order valence-electron chi connectivity index (χ0n) is 48.8. The molecule has 4 aliphatic heterocycles. The van der Waals surface area contributed by atoms with Crippen LogP contribution in [-0.4, -0.2) is 185 Å². The summed E-state index contributed by atoms with van der Waals surface area (Å²) >= 11 is 2.62. The number of carboxylic acid groups (broad SMARTS) is 1. The summed E-state index contributed by atoms with van der Waals surface area (Å²) in [6.45, 7) is 9.41. The van der Waals surface area contributed by atoms with Gasteiger partial charge in [0.2, 0.25) is 53.2 Å². The van der Waals surface area contributed by atoms with Crippen molar-refractivity contribution in [2.24, 2.45) is 28.5 Å². The van der Waals surface area contributed by atoms with Crippen LogP contribution in [0.2, 0.25) is 0 Å². The van der Waals surface area contributed by atoms with Crippen molar-refractivity contribution in [1.82, 2.24) is 47.0 Å².